The van der Waals surface area contributed by atoms with Crippen molar-refractivity contribution in [2.45, 2.75) is 20.3 Å². The lowest BCUT2D eigenvalue weighted by Crippen LogP contribution is -2.09. The molecule has 0 aliphatic rings. The summed E-state index contributed by atoms with van der Waals surface area (Å²) in [6.07, 6.45) is -0.0893. The topological polar surface area (TPSA) is 68.0 Å². The van der Waals surface area contributed by atoms with Gasteiger partial charge in [0.2, 0.25) is 0 Å². The average Bonchev–Trinajstić information content (AvgIpc) is 2.64. The van der Waals surface area contributed by atoms with E-state index in [4.69, 9.17) is 5.11 Å². The van der Waals surface area contributed by atoms with Crippen molar-refractivity contribution in [2.75, 3.05) is 0 Å². The van der Waals surface area contributed by atoms with Crippen LogP contribution in [0.3, 0.4) is 0 Å². The van der Waals surface area contributed by atoms with Gasteiger partial charge < -0.3 is 5.11 Å². The fraction of sp³-hybridized carbons (Fsp3) is 0.250. The molecule has 2 aromatic rings. The monoisotopic (exact) mass is 309 g/mol. The molecule has 1 heterocycles. The largest absolute Gasteiger partial charge is 0.481 e. The zero-order valence-corrected chi connectivity index (χ0v) is 11.6. The van der Waals surface area contributed by atoms with E-state index in [-0.39, 0.29) is 6.42 Å². The second kappa shape index (κ2) is 4.89. The average molecular weight is 310 g/mol. The minimum Gasteiger partial charge on any atom is -0.481 e. The highest BCUT2D eigenvalue weighted by molar-refractivity contribution is 9.10. The molecule has 0 saturated carbocycles. The second-order valence-corrected chi connectivity index (χ2v) is 4.89. The molecule has 0 aliphatic carbocycles. The third-order valence-corrected chi connectivity index (χ3v) is 3.55. The molecule has 0 saturated heterocycles. The van der Waals surface area contributed by atoms with Crippen LogP contribution in [0, 0.1) is 13.8 Å². The molecule has 0 spiro atoms. The van der Waals surface area contributed by atoms with E-state index < -0.39 is 5.97 Å². The van der Waals surface area contributed by atoms with E-state index in [1.807, 2.05) is 25.1 Å². The fourth-order valence-corrected chi connectivity index (χ4v) is 1.94. The molecule has 1 aromatic heterocycles. The van der Waals surface area contributed by atoms with E-state index >= 15 is 0 Å². The molecule has 0 radical (unpaired) electrons. The fourth-order valence-electron chi connectivity index (χ4n) is 1.69. The number of carbonyl (C=O) groups is 1. The van der Waals surface area contributed by atoms with Crippen LogP contribution in [0.25, 0.3) is 5.69 Å². The molecule has 0 atom stereocenters. The van der Waals surface area contributed by atoms with Crippen LogP contribution < -0.4 is 0 Å². The maximum atomic E-state index is 10.8. The Kier molecular flexibility index (Phi) is 3.47. The Balaban J connectivity index is 2.50. The number of benzene rings is 1. The summed E-state index contributed by atoms with van der Waals surface area (Å²) < 4.78 is 2.57. The van der Waals surface area contributed by atoms with Gasteiger partial charge in [0.25, 0.3) is 0 Å². The van der Waals surface area contributed by atoms with Crippen LogP contribution in [0.2, 0.25) is 0 Å². The van der Waals surface area contributed by atoms with Gasteiger partial charge in [-0.25, -0.2) is 4.68 Å². The third kappa shape index (κ3) is 2.43. The van der Waals surface area contributed by atoms with Crippen LogP contribution >= 0.6 is 15.9 Å². The first-order chi connectivity index (χ1) is 8.49. The van der Waals surface area contributed by atoms with Gasteiger partial charge in [0, 0.05) is 4.47 Å². The summed E-state index contributed by atoms with van der Waals surface area (Å²) in [4.78, 5) is 10.8. The van der Waals surface area contributed by atoms with Crippen LogP contribution in [0.4, 0.5) is 0 Å². The van der Waals surface area contributed by atoms with Crippen molar-refractivity contribution < 1.29 is 9.90 Å². The first-order valence-electron chi connectivity index (χ1n) is 5.38. The summed E-state index contributed by atoms with van der Waals surface area (Å²) >= 11 is 3.43. The summed E-state index contributed by atoms with van der Waals surface area (Å²) in [5.41, 5.74) is 3.11. The Morgan fingerprint density at radius 3 is 2.78 bits per heavy atom. The molecular formula is C12H12BrN3O2. The van der Waals surface area contributed by atoms with Crippen molar-refractivity contribution in [1.29, 1.82) is 0 Å². The summed E-state index contributed by atoms with van der Waals surface area (Å²) in [6.45, 7) is 3.72. The molecule has 0 bridgehead atoms. The number of aryl methyl sites for hydroxylation is 2. The minimum absolute atomic E-state index is 0.0893. The lowest BCUT2D eigenvalue weighted by Gasteiger charge is -2.07. The van der Waals surface area contributed by atoms with Crippen molar-refractivity contribution in [3.05, 3.63) is 39.6 Å². The van der Waals surface area contributed by atoms with Gasteiger partial charge in [-0.1, -0.05) is 21.1 Å². The van der Waals surface area contributed by atoms with E-state index in [0.29, 0.717) is 11.4 Å². The van der Waals surface area contributed by atoms with E-state index in [9.17, 15) is 4.79 Å². The number of carboxylic acid groups (broad SMARTS) is 1. The smallest absolute Gasteiger partial charge is 0.309 e. The zero-order chi connectivity index (χ0) is 13.3. The standard InChI is InChI=1S/C12H12BrN3O2/c1-7-5-9(3-4-10(7)13)16-11(6-12(17)18)8(2)14-15-16/h3-5H,6H2,1-2H3,(H,17,18). The number of nitrogens with zero attached hydrogens (tertiary/aromatic N) is 3. The van der Waals surface area contributed by atoms with E-state index in [1.165, 1.54) is 0 Å². The van der Waals surface area contributed by atoms with E-state index in [1.54, 1.807) is 11.6 Å². The number of halogens is 1. The molecule has 2 rings (SSSR count). The van der Waals surface area contributed by atoms with Crippen LogP contribution in [-0.2, 0) is 11.2 Å². The number of carboxylic acids is 1. The van der Waals surface area contributed by atoms with Crippen molar-refractivity contribution in [2.24, 2.45) is 0 Å². The molecular weight excluding hydrogens is 298 g/mol. The molecule has 0 unspecified atom stereocenters. The zero-order valence-electron chi connectivity index (χ0n) is 10.0. The molecule has 6 heteroatoms. The molecule has 1 N–H and O–H groups in total. The van der Waals surface area contributed by atoms with Crippen LogP contribution in [0.15, 0.2) is 22.7 Å². The highest BCUT2D eigenvalue weighted by Gasteiger charge is 2.14. The lowest BCUT2D eigenvalue weighted by molar-refractivity contribution is -0.136. The molecule has 0 fully saturated rings. The highest BCUT2D eigenvalue weighted by atomic mass is 79.9. The van der Waals surface area contributed by atoms with Crippen LogP contribution in [-0.4, -0.2) is 26.1 Å². The molecule has 1 aromatic carbocycles. The summed E-state index contributed by atoms with van der Waals surface area (Å²) in [6, 6.07) is 5.71. The number of aliphatic carboxylic acids is 1. The number of hydrogen-bond acceptors (Lipinski definition) is 3. The Bertz CT molecular complexity index is 607. The van der Waals surface area contributed by atoms with Gasteiger partial charge in [-0.2, -0.15) is 0 Å². The number of aromatic nitrogens is 3. The molecule has 5 nitrogen and oxygen atoms in total. The second-order valence-electron chi connectivity index (χ2n) is 4.04. The first-order valence-corrected chi connectivity index (χ1v) is 6.18. The van der Waals surface area contributed by atoms with E-state index in [0.717, 1.165) is 15.7 Å². The van der Waals surface area contributed by atoms with Gasteiger partial charge in [-0.05, 0) is 37.6 Å². The van der Waals surface area contributed by atoms with Gasteiger partial charge in [0.15, 0.2) is 0 Å². The number of rotatable bonds is 3. The first kappa shape index (κ1) is 12.8. The Morgan fingerprint density at radius 1 is 1.44 bits per heavy atom. The van der Waals surface area contributed by atoms with Crippen molar-refractivity contribution >= 4 is 21.9 Å². The van der Waals surface area contributed by atoms with Crippen molar-refractivity contribution in [3.63, 3.8) is 0 Å². The highest BCUT2D eigenvalue weighted by Crippen LogP contribution is 2.20. The Labute approximate surface area is 113 Å². The lowest BCUT2D eigenvalue weighted by atomic mass is 10.2. The maximum Gasteiger partial charge on any atom is 0.309 e. The Morgan fingerprint density at radius 2 is 2.17 bits per heavy atom. The van der Waals surface area contributed by atoms with Gasteiger partial charge in [-0.3, -0.25) is 4.79 Å². The van der Waals surface area contributed by atoms with Gasteiger partial charge >= 0.3 is 5.97 Å². The molecule has 0 aliphatic heterocycles. The third-order valence-electron chi connectivity index (χ3n) is 2.66. The normalized spacial score (nSPS) is 10.6. The van der Waals surface area contributed by atoms with Crippen LogP contribution in [0.5, 0.6) is 0 Å². The number of hydrogen-bond donors (Lipinski definition) is 1. The predicted molar refractivity (Wildman–Crippen MR) is 69.9 cm³/mol. The summed E-state index contributed by atoms with van der Waals surface area (Å²) in [5.74, 6) is -0.893. The van der Waals surface area contributed by atoms with E-state index in [2.05, 4.69) is 26.2 Å². The van der Waals surface area contributed by atoms with Crippen LogP contribution in [0.1, 0.15) is 17.0 Å². The molecule has 18 heavy (non-hydrogen) atoms. The molecule has 0 amide bonds. The van der Waals surface area contributed by atoms with Gasteiger partial charge in [-0.15, -0.1) is 5.10 Å². The minimum atomic E-state index is -0.893. The summed E-state index contributed by atoms with van der Waals surface area (Å²) in [7, 11) is 0. The van der Waals surface area contributed by atoms with Gasteiger partial charge in [0.05, 0.1) is 23.5 Å². The maximum absolute atomic E-state index is 10.8. The summed E-state index contributed by atoms with van der Waals surface area (Å²) in [5, 5.41) is 16.8. The van der Waals surface area contributed by atoms with Crippen molar-refractivity contribution in [3.8, 4) is 5.69 Å². The SMILES string of the molecule is Cc1cc(-n2nnc(C)c2CC(=O)O)ccc1Br. The molecule has 94 valence electrons. The quantitative estimate of drug-likeness (QED) is 0.944. The Hall–Kier alpha value is -1.69. The van der Waals surface area contributed by atoms with Gasteiger partial charge in [0.1, 0.15) is 0 Å². The predicted octanol–water partition coefficient (Wildman–Crippen LogP) is 2.27. The van der Waals surface area contributed by atoms with Crippen molar-refractivity contribution in [1.82, 2.24) is 15.0 Å².